The standard InChI is InChI=1S/C19H24Cl2N2O5/c1-5-9-26-18(25)22-13(11-24)10-17(28-19(2,3)4)23-27-12-14-15(20)7-6-8-16(14)21/h5-8,10-11,13,23H,1,9,12H2,2-4H3,(H,22,25). The second-order valence-electron chi connectivity index (χ2n) is 6.53. The lowest BCUT2D eigenvalue weighted by Crippen LogP contribution is -2.37. The maximum atomic E-state index is 11.6. The average Bonchev–Trinajstić information content (AvgIpc) is 2.60. The van der Waals surface area contributed by atoms with E-state index in [1.165, 1.54) is 12.2 Å². The maximum Gasteiger partial charge on any atom is 0.408 e. The molecule has 0 bridgehead atoms. The normalized spacial score (nSPS) is 12.7. The van der Waals surface area contributed by atoms with E-state index < -0.39 is 17.7 Å². The highest BCUT2D eigenvalue weighted by molar-refractivity contribution is 6.35. The monoisotopic (exact) mass is 430 g/mol. The molecule has 1 amide bonds. The molecule has 0 aliphatic heterocycles. The van der Waals surface area contributed by atoms with Crippen LogP contribution >= 0.6 is 23.2 Å². The van der Waals surface area contributed by atoms with Crippen LogP contribution in [0.1, 0.15) is 26.3 Å². The minimum Gasteiger partial charge on any atom is -0.472 e. The number of alkyl carbamates (subject to hydrolysis) is 1. The molecule has 0 saturated carbocycles. The van der Waals surface area contributed by atoms with E-state index in [0.29, 0.717) is 21.9 Å². The molecule has 7 nitrogen and oxygen atoms in total. The fourth-order valence-corrected chi connectivity index (χ4v) is 2.37. The molecule has 2 N–H and O–H groups in total. The Kier molecular flexibility index (Phi) is 9.85. The highest BCUT2D eigenvalue weighted by Crippen LogP contribution is 2.24. The van der Waals surface area contributed by atoms with Crippen LogP contribution in [0.25, 0.3) is 0 Å². The highest BCUT2D eigenvalue weighted by Gasteiger charge is 2.18. The summed E-state index contributed by atoms with van der Waals surface area (Å²) in [6, 6.07) is 4.10. The highest BCUT2D eigenvalue weighted by atomic mass is 35.5. The van der Waals surface area contributed by atoms with Crippen LogP contribution in [0.15, 0.2) is 42.8 Å². The van der Waals surface area contributed by atoms with Gasteiger partial charge in [0.1, 0.15) is 31.1 Å². The number of ether oxygens (including phenoxy) is 2. The lowest BCUT2D eigenvalue weighted by Gasteiger charge is -2.24. The van der Waals surface area contributed by atoms with Crippen LogP contribution in [-0.4, -0.2) is 30.6 Å². The molecule has 0 aliphatic carbocycles. The number of halogens is 2. The van der Waals surface area contributed by atoms with E-state index in [-0.39, 0.29) is 19.1 Å². The number of hydrogen-bond donors (Lipinski definition) is 2. The van der Waals surface area contributed by atoms with Crippen molar-refractivity contribution in [2.45, 2.75) is 39.0 Å². The van der Waals surface area contributed by atoms with Crippen molar-refractivity contribution in [3.05, 3.63) is 58.4 Å². The van der Waals surface area contributed by atoms with Crippen LogP contribution in [0.4, 0.5) is 4.79 Å². The Labute approximate surface area is 174 Å². The topological polar surface area (TPSA) is 85.9 Å². The summed E-state index contributed by atoms with van der Waals surface area (Å²) in [5.41, 5.74) is 2.61. The minimum absolute atomic E-state index is 0.0203. The summed E-state index contributed by atoms with van der Waals surface area (Å²) >= 11 is 12.2. The number of hydroxylamine groups is 1. The molecule has 1 unspecified atom stereocenters. The lowest BCUT2D eigenvalue weighted by molar-refractivity contribution is -0.108. The first-order valence-corrected chi connectivity index (χ1v) is 9.13. The number of carbonyl (C=O) groups excluding carboxylic acids is 2. The fraction of sp³-hybridized carbons (Fsp3) is 0.368. The molecule has 0 radical (unpaired) electrons. The van der Waals surface area contributed by atoms with E-state index in [2.05, 4.69) is 17.4 Å². The first-order valence-electron chi connectivity index (χ1n) is 8.37. The fourth-order valence-electron chi connectivity index (χ4n) is 1.86. The molecule has 9 heteroatoms. The Morgan fingerprint density at radius 3 is 2.46 bits per heavy atom. The van der Waals surface area contributed by atoms with Crippen molar-refractivity contribution in [2.75, 3.05) is 6.61 Å². The van der Waals surface area contributed by atoms with Crippen LogP contribution in [0, 0.1) is 0 Å². The van der Waals surface area contributed by atoms with Gasteiger partial charge in [0.15, 0.2) is 0 Å². The van der Waals surface area contributed by atoms with Gasteiger partial charge in [-0.15, -0.1) is 0 Å². The molecular weight excluding hydrogens is 407 g/mol. The quantitative estimate of drug-likeness (QED) is 0.251. The van der Waals surface area contributed by atoms with Gasteiger partial charge in [-0.25, -0.2) is 10.3 Å². The van der Waals surface area contributed by atoms with Crippen molar-refractivity contribution in [3.8, 4) is 0 Å². The molecule has 0 saturated heterocycles. The minimum atomic E-state index is -1.00. The summed E-state index contributed by atoms with van der Waals surface area (Å²) in [5.74, 6) is 0.122. The Morgan fingerprint density at radius 1 is 1.29 bits per heavy atom. The van der Waals surface area contributed by atoms with Crippen molar-refractivity contribution < 1.29 is 23.9 Å². The summed E-state index contributed by atoms with van der Waals surface area (Å²) in [7, 11) is 0. The molecular formula is C19H24Cl2N2O5. The van der Waals surface area contributed by atoms with E-state index in [0.717, 1.165) is 0 Å². The van der Waals surface area contributed by atoms with Gasteiger partial charge in [-0.05, 0) is 32.9 Å². The molecule has 28 heavy (non-hydrogen) atoms. The van der Waals surface area contributed by atoms with Gasteiger partial charge in [0, 0.05) is 21.7 Å². The molecule has 154 valence electrons. The maximum absolute atomic E-state index is 11.6. The largest absolute Gasteiger partial charge is 0.472 e. The predicted octanol–water partition coefficient (Wildman–Crippen LogP) is 4.15. The molecule has 1 aromatic rings. The molecule has 1 aromatic carbocycles. The zero-order chi connectivity index (χ0) is 21.2. The summed E-state index contributed by atoms with van der Waals surface area (Å²) < 4.78 is 10.5. The Bertz CT molecular complexity index is 697. The first-order chi connectivity index (χ1) is 13.2. The molecule has 1 rings (SSSR count). The van der Waals surface area contributed by atoms with Crippen LogP contribution in [0.2, 0.25) is 10.0 Å². The van der Waals surface area contributed by atoms with Crippen LogP contribution in [0.5, 0.6) is 0 Å². The van der Waals surface area contributed by atoms with E-state index in [1.807, 2.05) is 20.8 Å². The molecule has 1 atom stereocenters. The lowest BCUT2D eigenvalue weighted by atomic mass is 10.2. The summed E-state index contributed by atoms with van der Waals surface area (Å²) in [4.78, 5) is 28.3. The Balaban J connectivity index is 2.83. The zero-order valence-electron chi connectivity index (χ0n) is 16.0. The van der Waals surface area contributed by atoms with E-state index in [4.69, 9.17) is 37.5 Å². The summed E-state index contributed by atoms with van der Waals surface area (Å²) in [6.45, 7) is 8.95. The first kappa shape index (κ1) is 23.8. The van der Waals surface area contributed by atoms with Crippen molar-refractivity contribution in [2.24, 2.45) is 0 Å². The molecule has 0 aromatic heterocycles. The molecule has 0 spiro atoms. The van der Waals surface area contributed by atoms with Gasteiger partial charge in [0.2, 0.25) is 5.88 Å². The van der Waals surface area contributed by atoms with Crippen LogP contribution < -0.4 is 10.8 Å². The molecule has 0 fully saturated rings. The van der Waals surface area contributed by atoms with Crippen LogP contribution in [0.3, 0.4) is 0 Å². The van der Waals surface area contributed by atoms with Crippen LogP contribution in [-0.2, 0) is 25.7 Å². The SMILES string of the molecule is C=CCOC(=O)NC(C=O)C=C(NOCc1c(Cl)cccc1Cl)OC(C)(C)C. The summed E-state index contributed by atoms with van der Waals surface area (Å²) in [6.07, 6.45) is 2.51. The van der Waals surface area contributed by atoms with E-state index >= 15 is 0 Å². The van der Waals surface area contributed by atoms with E-state index in [1.54, 1.807) is 18.2 Å². The Hall–Kier alpha value is -2.22. The number of carbonyl (C=O) groups is 2. The molecule has 0 heterocycles. The number of amides is 1. The van der Waals surface area contributed by atoms with Gasteiger partial charge < -0.3 is 19.6 Å². The van der Waals surface area contributed by atoms with Crippen molar-refractivity contribution in [3.63, 3.8) is 0 Å². The zero-order valence-corrected chi connectivity index (χ0v) is 17.5. The second kappa shape index (κ2) is 11.6. The number of rotatable bonds is 10. The van der Waals surface area contributed by atoms with Gasteiger partial charge >= 0.3 is 6.09 Å². The van der Waals surface area contributed by atoms with Gasteiger partial charge in [-0.1, -0.05) is 41.9 Å². The average molecular weight is 431 g/mol. The van der Waals surface area contributed by atoms with Crippen molar-refractivity contribution in [1.82, 2.24) is 10.8 Å². The summed E-state index contributed by atoms with van der Waals surface area (Å²) in [5, 5.41) is 3.28. The number of hydrogen-bond acceptors (Lipinski definition) is 6. The third-order valence-corrected chi connectivity index (χ3v) is 3.67. The van der Waals surface area contributed by atoms with Crippen molar-refractivity contribution in [1.29, 1.82) is 0 Å². The molecule has 0 aliphatic rings. The van der Waals surface area contributed by atoms with Gasteiger partial charge in [0.05, 0.1) is 0 Å². The number of aldehydes is 1. The number of benzene rings is 1. The van der Waals surface area contributed by atoms with E-state index in [9.17, 15) is 9.59 Å². The number of nitrogens with one attached hydrogen (secondary N) is 2. The van der Waals surface area contributed by atoms with Gasteiger partial charge in [0.25, 0.3) is 0 Å². The third-order valence-electron chi connectivity index (χ3n) is 2.96. The Morgan fingerprint density at radius 2 is 1.93 bits per heavy atom. The van der Waals surface area contributed by atoms with Crippen molar-refractivity contribution >= 4 is 35.6 Å². The van der Waals surface area contributed by atoms with Gasteiger partial charge in [-0.2, -0.15) is 0 Å². The third kappa shape index (κ3) is 9.12. The van der Waals surface area contributed by atoms with Gasteiger partial charge in [-0.3, -0.25) is 4.84 Å². The predicted molar refractivity (Wildman–Crippen MR) is 108 cm³/mol. The smallest absolute Gasteiger partial charge is 0.408 e. The second-order valence-corrected chi connectivity index (χ2v) is 7.34.